The largest absolute Gasteiger partial charge is 0.130 e. The average molecular weight is 150 g/mol. The second kappa shape index (κ2) is 3.80. The summed E-state index contributed by atoms with van der Waals surface area (Å²) in [5.41, 5.74) is 0.887. The maximum atomic E-state index is 2.87. The molecule has 0 saturated heterocycles. The van der Waals surface area contributed by atoms with Crippen molar-refractivity contribution in [3.05, 3.63) is 0 Å². The predicted molar refractivity (Wildman–Crippen MR) is 47.2 cm³/mol. The van der Waals surface area contributed by atoms with Crippen LogP contribution in [0.1, 0.15) is 20.8 Å². The highest BCUT2D eigenvalue weighted by molar-refractivity contribution is 7.65. The maximum Gasteiger partial charge on any atom is -0.00905 e. The normalized spacial score (nSPS) is 18.8. The second-order valence-corrected chi connectivity index (χ2v) is 7.24. The molecule has 0 nitrogen and oxygen atoms in total. The molecule has 0 radical (unpaired) electrons. The van der Waals surface area contributed by atoms with Crippen LogP contribution in [-0.2, 0) is 0 Å². The predicted octanol–water partition coefficient (Wildman–Crippen LogP) is 2.73. The summed E-state index contributed by atoms with van der Waals surface area (Å²) in [4.78, 5) is 0. The second-order valence-electron chi connectivity index (χ2n) is 2.50. The Hall–Kier alpha value is 0.860. The standard InChI is InChI=1S/C6H16P2/c1-5(2)8(4)6(3)7/h5-6H,7H2,1-4H3. The Morgan fingerprint density at radius 1 is 1.25 bits per heavy atom. The molecule has 0 aromatic carbocycles. The summed E-state index contributed by atoms with van der Waals surface area (Å²) >= 11 is 0. The minimum Gasteiger partial charge on any atom is -0.130 e. The summed E-state index contributed by atoms with van der Waals surface area (Å²) in [5, 5.41) is 0.824. The van der Waals surface area contributed by atoms with E-state index in [1.807, 2.05) is 0 Å². The van der Waals surface area contributed by atoms with Crippen molar-refractivity contribution >= 4 is 17.2 Å². The van der Waals surface area contributed by atoms with Crippen LogP contribution in [0.3, 0.4) is 0 Å². The molecule has 50 valence electrons. The molecule has 0 bridgehead atoms. The van der Waals surface area contributed by atoms with Gasteiger partial charge < -0.3 is 0 Å². The Bertz CT molecular complexity index is 51.5. The van der Waals surface area contributed by atoms with Crippen LogP contribution in [0.2, 0.25) is 0 Å². The Morgan fingerprint density at radius 2 is 1.62 bits per heavy atom. The van der Waals surface area contributed by atoms with Gasteiger partial charge in [0, 0.05) is 0 Å². The van der Waals surface area contributed by atoms with E-state index in [1.54, 1.807) is 0 Å². The zero-order valence-electron chi connectivity index (χ0n) is 6.18. The monoisotopic (exact) mass is 150 g/mol. The molecule has 0 rings (SSSR count). The van der Waals surface area contributed by atoms with E-state index in [4.69, 9.17) is 0 Å². The van der Waals surface area contributed by atoms with Crippen molar-refractivity contribution in [1.29, 1.82) is 0 Å². The highest BCUT2D eigenvalue weighted by Gasteiger charge is 2.08. The summed E-state index contributed by atoms with van der Waals surface area (Å²) in [5.74, 6) is 0. The van der Waals surface area contributed by atoms with Gasteiger partial charge in [0.1, 0.15) is 0 Å². The maximum absolute atomic E-state index is 2.87. The molecule has 0 spiro atoms. The molecule has 0 aliphatic rings. The van der Waals surface area contributed by atoms with Crippen molar-refractivity contribution in [2.45, 2.75) is 31.8 Å². The highest BCUT2D eigenvalue weighted by atomic mass is 31.2. The van der Waals surface area contributed by atoms with E-state index in [1.165, 1.54) is 0 Å². The lowest BCUT2D eigenvalue weighted by Gasteiger charge is -2.19. The van der Waals surface area contributed by atoms with E-state index in [-0.39, 0.29) is 7.92 Å². The molecule has 0 aliphatic heterocycles. The summed E-state index contributed by atoms with van der Waals surface area (Å²) in [7, 11) is 3.13. The molecule has 0 aliphatic carbocycles. The van der Waals surface area contributed by atoms with Gasteiger partial charge in [-0.3, -0.25) is 0 Å². The lowest BCUT2D eigenvalue weighted by Crippen LogP contribution is -1.97. The molecule has 0 fully saturated rings. The number of hydrogen-bond acceptors (Lipinski definition) is 0. The van der Waals surface area contributed by atoms with Crippen LogP contribution in [0.5, 0.6) is 0 Å². The van der Waals surface area contributed by atoms with Crippen molar-refractivity contribution in [3.63, 3.8) is 0 Å². The van der Waals surface area contributed by atoms with Crippen LogP contribution in [0.25, 0.3) is 0 Å². The number of rotatable bonds is 2. The molecular formula is C6H16P2. The quantitative estimate of drug-likeness (QED) is 0.531. The van der Waals surface area contributed by atoms with E-state index in [9.17, 15) is 0 Å². The first-order chi connectivity index (χ1) is 3.55. The van der Waals surface area contributed by atoms with Crippen LogP contribution in [-0.4, -0.2) is 17.7 Å². The minimum atomic E-state index is 0.264. The first kappa shape index (κ1) is 8.86. The number of hydrogen-bond donors (Lipinski definition) is 0. The van der Waals surface area contributed by atoms with Gasteiger partial charge in [0.15, 0.2) is 0 Å². The third-order valence-corrected chi connectivity index (χ3v) is 5.78. The molecule has 3 atom stereocenters. The van der Waals surface area contributed by atoms with Gasteiger partial charge >= 0.3 is 0 Å². The third kappa shape index (κ3) is 3.00. The summed E-state index contributed by atoms with van der Waals surface area (Å²) in [6, 6.07) is 0. The van der Waals surface area contributed by atoms with E-state index in [0.29, 0.717) is 0 Å². The molecule has 0 amide bonds. The van der Waals surface area contributed by atoms with Gasteiger partial charge in [-0.05, 0) is 17.7 Å². The van der Waals surface area contributed by atoms with Gasteiger partial charge in [-0.25, -0.2) is 0 Å². The lowest BCUT2D eigenvalue weighted by atomic mass is 10.6. The van der Waals surface area contributed by atoms with Gasteiger partial charge in [0.2, 0.25) is 0 Å². The first-order valence-corrected chi connectivity index (χ1v) is 5.62. The zero-order valence-corrected chi connectivity index (χ0v) is 8.23. The van der Waals surface area contributed by atoms with Crippen molar-refractivity contribution in [3.8, 4) is 0 Å². The van der Waals surface area contributed by atoms with Crippen LogP contribution in [0, 0.1) is 0 Å². The fourth-order valence-corrected chi connectivity index (χ4v) is 2.44. The topological polar surface area (TPSA) is 0 Å². The summed E-state index contributed by atoms with van der Waals surface area (Å²) in [6.07, 6.45) is 0. The fourth-order valence-electron chi connectivity index (χ4n) is 0.470. The molecule has 0 aromatic heterocycles. The molecule has 0 saturated carbocycles. The molecule has 2 heteroatoms. The van der Waals surface area contributed by atoms with Gasteiger partial charge in [0.05, 0.1) is 0 Å². The fraction of sp³-hybridized carbons (Fsp3) is 1.00. The SMILES string of the molecule is CC(C)P(C)C(C)P. The Kier molecular flexibility index (Phi) is 4.21. The Labute approximate surface area is 56.4 Å². The van der Waals surface area contributed by atoms with Crippen molar-refractivity contribution < 1.29 is 0 Å². The zero-order chi connectivity index (χ0) is 6.73. The lowest BCUT2D eigenvalue weighted by molar-refractivity contribution is 1.08. The average Bonchev–Trinajstić information content (AvgIpc) is 1.64. The van der Waals surface area contributed by atoms with Crippen LogP contribution in [0.15, 0.2) is 0 Å². The summed E-state index contributed by atoms with van der Waals surface area (Å²) in [6.45, 7) is 9.23. The van der Waals surface area contributed by atoms with Gasteiger partial charge in [-0.15, -0.1) is 17.2 Å². The Morgan fingerprint density at radius 3 is 1.62 bits per heavy atom. The van der Waals surface area contributed by atoms with E-state index >= 15 is 0 Å². The molecule has 3 unspecified atom stereocenters. The van der Waals surface area contributed by atoms with Crippen molar-refractivity contribution in [1.82, 2.24) is 0 Å². The van der Waals surface area contributed by atoms with Gasteiger partial charge in [0.25, 0.3) is 0 Å². The smallest absolute Gasteiger partial charge is 0.00905 e. The van der Waals surface area contributed by atoms with Crippen molar-refractivity contribution in [2.75, 3.05) is 6.66 Å². The Balaban J connectivity index is 3.46. The van der Waals surface area contributed by atoms with Crippen LogP contribution < -0.4 is 0 Å². The van der Waals surface area contributed by atoms with E-state index in [2.05, 4.69) is 36.7 Å². The third-order valence-electron chi connectivity index (χ3n) is 1.46. The van der Waals surface area contributed by atoms with Crippen molar-refractivity contribution in [2.24, 2.45) is 0 Å². The van der Waals surface area contributed by atoms with Gasteiger partial charge in [-0.1, -0.05) is 20.8 Å². The van der Waals surface area contributed by atoms with Gasteiger partial charge in [-0.2, -0.15) is 0 Å². The highest BCUT2D eigenvalue weighted by Crippen LogP contribution is 2.44. The summed E-state index contributed by atoms with van der Waals surface area (Å²) < 4.78 is 0. The van der Waals surface area contributed by atoms with E-state index < -0.39 is 0 Å². The first-order valence-electron chi connectivity index (χ1n) is 3.03. The molecule has 8 heavy (non-hydrogen) atoms. The van der Waals surface area contributed by atoms with Crippen LogP contribution in [0.4, 0.5) is 0 Å². The van der Waals surface area contributed by atoms with Crippen LogP contribution >= 0.6 is 17.2 Å². The molecular weight excluding hydrogens is 134 g/mol. The molecule has 0 aromatic rings. The minimum absolute atomic E-state index is 0.264. The molecule has 0 N–H and O–H groups in total. The van der Waals surface area contributed by atoms with E-state index in [0.717, 1.165) is 11.1 Å². The molecule has 0 heterocycles.